The van der Waals surface area contributed by atoms with Gasteiger partial charge in [-0.15, -0.1) is 0 Å². The van der Waals surface area contributed by atoms with Crippen molar-refractivity contribution in [2.75, 3.05) is 81.6 Å². The second-order valence-corrected chi connectivity index (χ2v) is 12.1. The Kier molecular flexibility index (Phi) is 13.3. The first-order valence-electron chi connectivity index (χ1n) is 13.4. The molecule has 0 saturated carbocycles. The van der Waals surface area contributed by atoms with E-state index in [0.717, 1.165) is 52.7 Å². The molecule has 0 spiro atoms. The number of benzene rings is 1. The molecule has 0 aromatic heterocycles. The molecule has 0 fully saturated rings. The number of carbonyl (C=O) groups is 3. The molecule has 9 nitrogen and oxygen atoms in total. The minimum atomic E-state index is -0.159. The lowest BCUT2D eigenvalue weighted by molar-refractivity contribution is -0.903. The summed E-state index contributed by atoms with van der Waals surface area (Å²) in [5, 5.41) is 8.62. The van der Waals surface area contributed by atoms with Gasteiger partial charge in [0.1, 0.15) is 19.6 Å². The van der Waals surface area contributed by atoms with Crippen molar-refractivity contribution in [3.63, 3.8) is 0 Å². The third kappa shape index (κ3) is 14.5. The first-order valence-corrected chi connectivity index (χ1v) is 13.4. The molecule has 0 bridgehead atoms. The van der Waals surface area contributed by atoms with Gasteiger partial charge in [0.15, 0.2) is 0 Å². The minimum Gasteiger partial charge on any atom is -0.347 e. The molecule has 0 aliphatic carbocycles. The number of nitrogens with zero attached hydrogens (tertiary/aromatic N) is 3. The summed E-state index contributed by atoms with van der Waals surface area (Å²) in [7, 11) is 13.0. The van der Waals surface area contributed by atoms with E-state index in [1.807, 2.05) is 0 Å². The monoisotopic (exact) mass is 543 g/mol. The fraction of sp³-hybridized carbons (Fsp3) is 0.500. The summed E-state index contributed by atoms with van der Waals surface area (Å²) in [6, 6.07) is 6.83. The molecule has 9 heteroatoms. The number of hydrogen-bond donors (Lipinski definition) is 3. The Hall–Kier alpha value is -3.27. The Morgan fingerprint density at radius 1 is 0.564 bits per heavy atom. The van der Waals surface area contributed by atoms with E-state index in [2.05, 4.69) is 96.2 Å². The SMILES string of the molecule is C=CC(=O)NCC[N+](C)(C)Cc1cc(C[N+](C)(C)CCNC(=O)C=C)cc(C[N+](C)(C)CCNC(=O)C=C)c1. The Bertz CT molecular complexity index is 889. The molecule has 0 aliphatic heterocycles. The predicted octanol–water partition coefficient (Wildman–Crippen LogP) is 1.32. The van der Waals surface area contributed by atoms with E-state index < -0.39 is 0 Å². The van der Waals surface area contributed by atoms with Crippen LogP contribution in [-0.2, 0) is 34.0 Å². The highest BCUT2D eigenvalue weighted by molar-refractivity contribution is 5.87. The molecule has 1 aromatic carbocycles. The average molecular weight is 544 g/mol. The van der Waals surface area contributed by atoms with Crippen LogP contribution in [0.4, 0.5) is 0 Å². The fourth-order valence-electron chi connectivity index (χ4n) is 4.49. The van der Waals surface area contributed by atoms with Gasteiger partial charge >= 0.3 is 0 Å². The van der Waals surface area contributed by atoms with Gasteiger partial charge in [0.2, 0.25) is 17.7 Å². The fourth-order valence-corrected chi connectivity index (χ4v) is 4.49. The summed E-state index contributed by atoms with van der Waals surface area (Å²) in [5.41, 5.74) is 3.72. The van der Waals surface area contributed by atoms with Crippen LogP contribution in [0.1, 0.15) is 16.7 Å². The van der Waals surface area contributed by atoms with Crippen LogP contribution in [0.2, 0.25) is 0 Å². The zero-order valence-electron chi connectivity index (χ0n) is 25.0. The number of quaternary nitrogens is 3. The van der Waals surface area contributed by atoms with Crippen molar-refractivity contribution in [1.29, 1.82) is 0 Å². The maximum atomic E-state index is 11.6. The first-order chi connectivity index (χ1) is 18.1. The van der Waals surface area contributed by atoms with Gasteiger partial charge in [-0.2, -0.15) is 0 Å². The Labute approximate surface area is 235 Å². The predicted molar refractivity (Wildman–Crippen MR) is 158 cm³/mol. The van der Waals surface area contributed by atoms with Crippen LogP contribution in [0.15, 0.2) is 56.2 Å². The zero-order valence-corrected chi connectivity index (χ0v) is 25.0. The van der Waals surface area contributed by atoms with Gasteiger partial charge in [0, 0.05) is 16.7 Å². The van der Waals surface area contributed by atoms with Crippen molar-refractivity contribution >= 4 is 17.7 Å². The van der Waals surface area contributed by atoms with Crippen molar-refractivity contribution in [2.45, 2.75) is 19.6 Å². The topological polar surface area (TPSA) is 87.3 Å². The number of rotatable bonds is 18. The smallest absolute Gasteiger partial charge is 0.243 e. The number of likely N-dealkylation sites (N-methyl/N-ethyl adjacent to an activating group) is 3. The van der Waals surface area contributed by atoms with Gasteiger partial charge in [-0.3, -0.25) is 14.4 Å². The molecule has 3 N–H and O–H groups in total. The summed E-state index contributed by atoms with van der Waals surface area (Å²) in [6.45, 7) is 17.1. The van der Waals surface area contributed by atoms with Crippen molar-refractivity contribution < 1.29 is 27.8 Å². The van der Waals surface area contributed by atoms with Crippen molar-refractivity contribution in [1.82, 2.24) is 16.0 Å². The van der Waals surface area contributed by atoms with Gasteiger partial charge in [0.25, 0.3) is 0 Å². The van der Waals surface area contributed by atoms with E-state index in [0.29, 0.717) is 19.6 Å². The van der Waals surface area contributed by atoms with Crippen LogP contribution in [0.3, 0.4) is 0 Å². The summed E-state index contributed by atoms with van der Waals surface area (Å²) >= 11 is 0. The normalized spacial score (nSPS) is 11.8. The summed E-state index contributed by atoms with van der Waals surface area (Å²) in [4.78, 5) is 34.7. The van der Waals surface area contributed by atoms with E-state index in [4.69, 9.17) is 0 Å². The standard InChI is InChI=1S/C30H48N6O3/c1-10-28(37)31-13-16-34(4,5)22-25-19-26(23-35(6,7)17-14-32-29(38)11-2)21-27(20-25)24-36(8,9)18-15-33-30(39)12-3/h10-12,19-21H,1-3,13-18,22-24H2,4-9H3/p+3. The Balaban J connectivity index is 3.12. The van der Waals surface area contributed by atoms with E-state index in [1.165, 1.54) is 34.9 Å². The molecular formula is C30H51N6O3+3. The van der Waals surface area contributed by atoms with Gasteiger partial charge in [-0.1, -0.05) is 19.7 Å². The number of amides is 3. The molecule has 39 heavy (non-hydrogen) atoms. The van der Waals surface area contributed by atoms with Crippen LogP contribution >= 0.6 is 0 Å². The zero-order chi connectivity index (χ0) is 29.7. The molecule has 0 atom stereocenters. The molecule has 3 amide bonds. The van der Waals surface area contributed by atoms with Gasteiger partial charge in [-0.25, -0.2) is 0 Å². The molecule has 216 valence electrons. The minimum absolute atomic E-state index is 0.159. The summed E-state index contributed by atoms with van der Waals surface area (Å²) in [5.74, 6) is -0.478. The van der Waals surface area contributed by atoms with Crippen LogP contribution in [0, 0.1) is 0 Å². The van der Waals surface area contributed by atoms with Crippen molar-refractivity contribution in [2.24, 2.45) is 0 Å². The molecule has 0 unspecified atom stereocenters. The molecule has 0 aliphatic rings. The molecule has 0 heterocycles. The lowest BCUT2D eigenvalue weighted by Crippen LogP contribution is -2.45. The lowest BCUT2D eigenvalue weighted by Gasteiger charge is -2.33. The van der Waals surface area contributed by atoms with Crippen molar-refractivity contribution in [3.8, 4) is 0 Å². The lowest BCUT2D eigenvalue weighted by atomic mass is 10.0. The second-order valence-electron chi connectivity index (χ2n) is 12.1. The van der Waals surface area contributed by atoms with E-state index in [9.17, 15) is 14.4 Å². The Morgan fingerprint density at radius 2 is 0.795 bits per heavy atom. The number of nitrogens with one attached hydrogen (secondary N) is 3. The summed E-state index contributed by atoms with van der Waals surface area (Å²) in [6.07, 6.45) is 3.88. The van der Waals surface area contributed by atoms with E-state index >= 15 is 0 Å². The van der Waals surface area contributed by atoms with Gasteiger partial charge in [-0.05, 0) is 36.4 Å². The largest absolute Gasteiger partial charge is 0.347 e. The molecule has 1 rings (SSSR count). The first kappa shape index (κ1) is 33.8. The van der Waals surface area contributed by atoms with Crippen LogP contribution in [0.25, 0.3) is 0 Å². The number of hydrogen-bond acceptors (Lipinski definition) is 3. The highest BCUT2D eigenvalue weighted by atomic mass is 16.2. The van der Waals surface area contributed by atoms with E-state index in [1.54, 1.807) is 0 Å². The Morgan fingerprint density at radius 3 is 1.00 bits per heavy atom. The van der Waals surface area contributed by atoms with Crippen LogP contribution < -0.4 is 16.0 Å². The van der Waals surface area contributed by atoms with Crippen LogP contribution in [-0.4, -0.2) is 113 Å². The molecule has 0 radical (unpaired) electrons. The molecular weight excluding hydrogens is 492 g/mol. The number of carbonyl (C=O) groups excluding carboxylic acids is 3. The maximum Gasteiger partial charge on any atom is 0.243 e. The molecule has 1 aromatic rings. The summed E-state index contributed by atoms with van der Waals surface area (Å²) < 4.78 is 2.16. The van der Waals surface area contributed by atoms with Gasteiger partial charge in [0.05, 0.1) is 81.6 Å². The van der Waals surface area contributed by atoms with Gasteiger partial charge < -0.3 is 29.4 Å². The van der Waals surface area contributed by atoms with Crippen LogP contribution in [0.5, 0.6) is 0 Å². The maximum absolute atomic E-state index is 11.6. The average Bonchev–Trinajstić information content (AvgIpc) is 2.81. The molecule has 0 saturated heterocycles. The highest BCUT2D eigenvalue weighted by Crippen LogP contribution is 2.20. The quantitative estimate of drug-likeness (QED) is 0.193. The van der Waals surface area contributed by atoms with Crippen molar-refractivity contribution in [3.05, 3.63) is 72.9 Å². The van der Waals surface area contributed by atoms with E-state index in [-0.39, 0.29) is 17.7 Å². The third-order valence-electron chi connectivity index (χ3n) is 6.55. The third-order valence-corrected chi connectivity index (χ3v) is 6.55. The highest BCUT2D eigenvalue weighted by Gasteiger charge is 2.23. The second kappa shape index (κ2) is 15.4.